The molecular weight excluding hydrogens is 571 g/mol. The standard InChI is InChI=1S/C29H22F3N5O6/c30-16-2-4-22(20(31)10-16)37-12-19(28(40)41)24(38)18-11-21(32)27(34-26(18)37)35-7-5-14-1-3-17(9-15(14)6-8-35)36-13-23(25(33)39)43-29(36)42/h1-4,9-12,23H,5-8,13H2,(H2,33,39)(H,40,41)/t23-/m1/s1. The molecule has 4 aromatic rings. The number of carbonyl (C=O) groups excluding carboxylic acids is 2. The molecule has 1 saturated heterocycles. The van der Waals surface area contributed by atoms with Gasteiger partial charge in [-0.2, -0.15) is 0 Å². The molecule has 1 fully saturated rings. The van der Waals surface area contributed by atoms with E-state index in [9.17, 15) is 33.1 Å². The number of fused-ring (bicyclic) bond motifs is 2. The van der Waals surface area contributed by atoms with E-state index in [0.717, 1.165) is 40.1 Å². The zero-order chi connectivity index (χ0) is 30.6. The third kappa shape index (κ3) is 4.90. The maximum absolute atomic E-state index is 15.5. The molecule has 2 amide bonds. The van der Waals surface area contributed by atoms with Gasteiger partial charge in [0.15, 0.2) is 23.4 Å². The van der Waals surface area contributed by atoms with E-state index in [1.807, 2.05) is 6.07 Å². The number of ether oxygens (including phenoxy) is 1. The molecule has 11 nitrogen and oxygen atoms in total. The first-order chi connectivity index (χ1) is 20.5. The lowest BCUT2D eigenvalue weighted by atomic mass is 10.0. The molecule has 3 N–H and O–H groups in total. The SMILES string of the molecule is NC(=O)[C@H]1CN(c2ccc3c(c2)CCN(c2nc4c(cc2F)c(=O)c(C(=O)O)cn4-c2ccc(F)cc2F)CC3)C(=O)O1. The van der Waals surface area contributed by atoms with Crippen LogP contribution in [0, 0.1) is 17.5 Å². The highest BCUT2D eigenvalue weighted by Gasteiger charge is 2.36. The largest absolute Gasteiger partial charge is 0.477 e. The summed E-state index contributed by atoms with van der Waals surface area (Å²) < 4.78 is 50.0. The molecule has 43 heavy (non-hydrogen) atoms. The van der Waals surface area contributed by atoms with Crippen LogP contribution in [-0.4, -0.2) is 58.4 Å². The van der Waals surface area contributed by atoms with Gasteiger partial charge < -0.3 is 20.5 Å². The number of halogens is 3. The van der Waals surface area contributed by atoms with Crippen LogP contribution in [0.2, 0.25) is 0 Å². The van der Waals surface area contributed by atoms with E-state index < -0.39 is 52.5 Å². The second-order valence-corrected chi connectivity index (χ2v) is 10.1. The average molecular weight is 594 g/mol. The zero-order valence-electron chi connectivity index (χ0n) is 22.2. The number of cyclic esters (lactones) is 1. The van der Waals surface area contributed by atoms with Crippen molar-refractivity contribution in [3.05, 3.63) is 93.0 Å². The van der Waals surface area contributed by atoms with Crippen molar-refractivity contribution in [1.82, 2.24) is 9.55 Å². The van der Waals surface area contributed by atoms with Gasteiger partial charge >= 0.3 is 12.1 Å². The fraction of sp³-hybridized carbons (Fsp3) is 0.207. The number of aromatic carboxylic acids is 1. The van der Waals surface area contributed by atoms with E-state index in [4.69, 9.17) is 10.5 Å². The van der Waals surface area contributed by atoms with E-state index in [-0.39, 0.29) is 35.6 Å². The Balaban J connectivity index is 1.37. The lowest BCUT2D eigenvalue weighted by molar-refractivity contribution is -0.124. The molecule has 0 bridgehead atoms. The Kier molecular flexibility index (Phi) is 6.75. The predicted octanol–water partition coefficient (Wildman–Crippen LogP) is 2.92. The third-order valence-corrected chi connectivity index (χ3v) is 7.55. The first-order valence-electron chi connectivity index (χ1n) is 13.1. The topological polar surface area (TPSA) is 148 Å². The molecule has 0 unspecified atom stereocenters. The lowest BCUT2D eigenvalue weighted by Crippen LogP contribution is -2.32. The van der Waals surface area contributed by atoms with Crippen molar-refractivity contribution in [1.29, 1.82) is 0 Å². The molecule has 0 saturated carbocycles. The summed E-state index contributed by atoms with van der Waals surface area (Å²) in [5, 5.41) is 9.17. The average Bonchev–Trinajstić information content (AvgIpc) is 3.23. The summed E-state index contributed by atoms with van der Waals surface area (Å²) >= 11 is 0. The minimum Gasteiger partial charge on any atom is -0.477 e. The summed E-state index contributed by atoms with van der Waals surface area (Å²) in [6.45, 7) is 0.549. The Morgan fingerprint density at radius 3 is 2.40 bits per heavy atom. The van der Waals surface area contributed by atoms with Crippen LogP contribution in [0.25, 0.3) is 16.7 Å². The summed E-state index contributed by atoms with van der Waals surface area (Å²) in [5.41, 5.74) is 5.34. The Hall–Kier alpha value is -5.40. The minimum atomic E-state index is -1.61. The highest BCUT2D eigenvalue weighted by Crippen LogP contribution is 2.30. The molecule has 2 aromatic carbocycles. The van der Waals surface area contributed by atoms with E-state index in [0.29, 0.717) is 31.1 Å². The first-order valence-corrected chi connectivity index (χ1v) is 13.1. The van der Waals surface area contributed by atoms with Crippen molar-refractivity contribution in [2.75, 3.05) is 29.4 Å². The molecule has 2 aliphatic rings. The molecule has 0 radical (unpaired) electrons. The van der Waals surface area contributed by atoms with Gasteiger partial charge in [-0.3, -0.25) is 19.1 Å². The normalized spacial score (nSPS) is 16.6. The van der Waals surface area contributed by atoms with Crippen molar-refractivity contribution in [2.24, 2.45) is 5.73 Å². The molecule has 2 aromatic heterocycles. The van der Waals surface area contributed by atoms with Gasteiger partial charge in [0.25, 0.3) is 5.91 Å². The van der Waals surface area contributed by atoms with E-state index in [1.165, 1.54) is 4.90 Å². The van der Waals surface area contributed by atoms with E-state index in [2.05, 4.69) is 4.98 Å². The number of nitrogens with zero attached hydrogens (tertiary/aromatic N) is 4. The maximum atomic E-state index is 15.5. The second-order valence-electron chi connectivity index (χ2n) is 10.1. The minimum absolute atomic E-state index is 0.0226. The van der Waals surface area contributed by atoms with E-state index >= 15 is 4.39 Å². The van der Waals surface area contributed by atoms with Crippen LogP contribution in [0.5, 0.6) is 0 Å². The number of carboxylic acid groups (broad SMARTS) is 1. The Bertz CT molecular complexity index is 1910. The number of aromatic nitrogens is 2. The fourth-order valence-corrected chi connectivity index (χ4v) is 5.36. The summed E-state index contributed by atoms with van der Waals surface area (Å²) in [7, 11) is 0. The summed E-state index contributed by atoms with van der Waals surface area (Å²) in [6, 6.07) is 8.82. The Morgan fingerprint density at radius 2 is 1.72 bits per heavy atom. The number of anilines is 2. The number of amides is 2. The molecule has 0 aliphatic carbocycles. The van der Waals surface area contributed by atoms with Crippen molar-refractivity contribution in [2.45, 2.75) is 18.9 Å². The molecule has 2 aliphatic heterocycles. The monoisotopic (exact) mass is 593 g/mol. The van der Waals surface area contributed by atoms with Gasteiger partial charge in [-0.05, 0) is 54.3 Å². The predicted molar refractivity (Wildman–Crippen MR) is 147 cm³/mol. The molecular formula is C29H22F3N5O6. The number of carboxylic acids is 1. The molecule has 1 atom stereocenters. The van der Waals surface area contributed by atoms with Crippen LogP contribution in [0.3, 0.4) is 0 Å². The quantitative estimate of drug-likeness (QED) is 0.359. The van der Waals surface area contributed by atoms with Gasteiger partial charge in [-0.1, -0.05) is 6.07 Å². The number of carbonyl (C=O) groups is 3. The van der Waals surface area contributed by atoms with Gasteiger partial charge in [0.05, 0.1) is 17.6 Å². The highest BCUT2D eigenvalue weighted by molar-refractivity contribution is 5.95. The molecule has 0 spiro atoms. The maximum Gasteiger partial charge on any atom is 0.415 e. The molecule has 14 heteroatoms. The van der Waals surface area contributed by atoms with Crippen LogP contribution in [0.4, 0.5) is 29.5 Å². The fourth-order valence-electron chi connectivity index (χ4n) is 5.36. The molecule has 6 rings (SSSR count). The van der Waals surface area contributed by atoms with Crippen LogP contribution < -0.4 is 21.0 Å². The molecule has 220 valence electrons. The highest BCUT2D eigenvalue weighted by atomic mass is 19.1. The number of hydrogen-bond donors (Lipinski definition) is 2. The van der Waals surface area contributed by atoms with Crippen molar-refractivity contribution in [3.63, 3.8) is 0 Å². The molecule has 4 heterocycles. The van der Waals surface area contributed by atoms with Gasteiger partial charge in [0, 0.05) is 31.0 Å². The number of primary amides is 1. The van der Waals surface area contributed by atoms with Crippen molar-refractivity contribution in [3.8, 4) is 5.69 Å². The number of rotatable bonds is 5. The zero-order valence-corrected chi connectivity index (χ0v) is 22.2. The number of hydrogen-bond acceptors (Lipinski definition) is 7. The Labute approximate surface area is 240 Å². The number of nitrogens with two attached hydrogens (primary N) is 1. The van der Waals surface area contributed by atoms with Crippen LogP contribution >= 0.6 is 0 Å². The number of pyridine rings is 2. The lowest BCUT2D eigenvalue weighted by Gasteiger charge is -2.23. The third-order valence-electron chi connectivity index (χ3n) is 7.55. The summed E-state index contributed by atoms with van der Waals surface area (Å²) in [6.07, 6.45) is -0.0149. The van der Waals surface area contributed by atoms with Crippen LogP contribution in [-0.2, 0) is 22.4 Å². The van der Waals surface area contributed by atoms with Crippen LogP contribution in [0.1, 0.15) is 21.5 Å². The van der Waals surface area contributed by atoms with E-state index in [1.54, 1.807) is 17.0 Å². The van der Waals surface area contributed by atoms with Gasteiger partial charge in [0.2, 0.25) is 5.43 Å². The van der Waals surface area contributed by atoms with Crippen molar-refractivity contribution >= 4 is 40.5 Å². The van der Waals surface area contributed by atoms with Gasteiger partial charge in [-0.15, -0.1) is 0 Å². The Morgan fingerprint density at radius 1 is 0.977 bits per heavy atom. The smallest absolute Gasteiger partial charge is 0.415 e. The van der Waals surface area contributed by atoms with Crippen molar-refractivity contribution < 1.29 is 37.4 Å². The second kappa shape index (κ2) is 10.5. The first kappa shape index (κ1) is 27.8. The summed E-state index contributed by atoms with van der Waals surface area (Å²) in [4.78, 5) is 55.8. The van der Waals surface area contributed by atoms with Crippen LogP contribution in [0.15, 0.2) is 53.5 Å². The van der Waals surface area contributed by atoms with Gasteiger partial charge in [-0.25, -0.2) is 27.7 Å². The summed E-state index contributed by atoms with van der Waals surface area (Å²) in [5.74, 6) is -5.30. The van der Waals surface area contributed by atoms with Gasteiger partial charge in [0.1, 0.15) is 17.2 Å². The number of benzene rings is 2.